The molecule has 2 rings (SSSR count). The van der Waals surface area contributed by atoms with Crippen LogP contribution in [-0.4, -0.2) is 5.17 Å². The van der Waals surface area contributed by atoms with E-state index in [1.54, 1.807) is 6.07 Å². The number of hydrogen-bond donors (Lipinski definition) is 1. The molecule has 0 heterocycles. The SMILES string of the molecule is NC(=Nc1ccccc1Cl)SCc1ccccc1. The van der Waals surface area contributed by atoms with Crippen molar-refractivity contribution in [3.63, 3.8) is 0 Å². The maximum Gasteiger partial charge on any atom is 0.159 e. The monoisotopic (exact) mass is 276 g/mol. The Morgan fingerprint density at radius 3 is 2.44 bits per heavy atom. The van der Waals surface area contributed by atoms with Crippen molar-refractivity contribution in [1.29, 1.82) is 0 Å². The van der Waals surface area contributed by atoms with Gasteiger partial charge in [-0.15, -0.1) is 0 Å². The highest BCUT2D eigenvalue weighted by Gasteiger charge is 2.00. The van der Waals surface area contributed by atoms with Crippen molar-refractivity contribution in [2.45, 2.75) is 5.75 Å². The summed E-state index contributed by atoms with van der Waals surface area (Å²) < 4.78 is 0. The van der Waals surface area contributed by atoms with Gasteiger partial charge in [0.25, 0.3) is 0 Å². The van der Waals surface area contributed by atoms with E-state index in [2.05, 4.69) is 17.1 Å². The summed E-state index contributed by atoms with van der Waals surface area (Å²) in [7, 11) is 0. The molecule has 0 bridgehead atoms. The molecule has 0 fully saturated rings. The topological polar surface area (TPSA) is 38.4 Å². The van der Waals surface area contributed by atoms with Gasteiger partial charge in [-0.05, 0) is 17.7 Å². The molecule has 2 aromatic rings. The van der Waals surface area contributed by atoms with Crippen LogP contribution < -0.4 is 5.73 Å². The number of hydrogen-bond acceptors (Lipinski definition) is 2. The number of aliphatic imine (C=N–C) groups is 1. The largest absolute Gasteiger partial charge is 0.378 e. The first-order valence-electron chi connectivity index (χ1n) is 5.51. The fraction of sp³-hybridized carbons (Fsp3) is 0.0714. The average Bonchev–Trinajstić information content (AvgIpc) is 2.40. The summed E-state index contributed by atoms with van der Waals surface area (Å²) in [5.74, 6) is 0.806. The van der Waals surface area contributed by atoms with Crippen LogP contribution in [0.4, 0.5) is 5.69 Å². The third kappa shape index (κ3) is 3.79. The molecule has 0 saturated heterocycles. The van der Waals surface area contributed by atoms with E-state index in [0.717, 1.165) is 5.75 Å². The molecule has 2 N–H and O–H groups in total. The zero-order chi connectivity index (χ0) is 12.8. The second kappa shape index (κ2) is 6.47. The predicted octanol–water partition coefficient (Wildman–Crippen LogP) is 4.22. The average molecular weight is 277 g/mol. The Bertz CT molecular complexity index is 541. The fourth-order valence-corrected chi connectivity index (χ4v) is 2.27. The van der Waals surface area contributed by atoms with Crippen LogP contribution in [0.3, 0.4) is 0 Å². The van der Waals surface area contributed by atoms with Crippen molar-refractivity contribution in [2.24, 2.45) is 10.7 Å². The van der Waals surface area contributed by atoms with Crippen molar-refractivity contribution in [3.05, 3.63) is 65.2 Å². The number of amidine groups is 1. The van der Waals surface area contributed by atoms with Crippen molar-refractivity contribution >= 4 is 34.2 Å². The van der Waals surface area contributed by atoms with Gasteiger partial charge in [0.2, 0.25) is 0 Å². The van der Waals surface area contributed by atoms with E-state index in [0.29, 0.717) is 15.9 Å². The van der Waals surface area contributed by atoms with Gasteiger partial charge in [-0.25, -0.2) is 4.99 Å². The van der Waals surface area contributed by atoms with Crippen molar-refractivity contribution in [3.8, 4) is 0 Å². The molecule has 18 heavy (non-hydrogen) atoms. The van der Waals surface area contributed by atoms with E-state index >= 15 is 0 Å². The van der Waals surface area contributed by atoms with Crippen molar-refractivity contribution < 1.29 is 0 Å². The van der Waals surface area contributed by atoms with Gasteiger partial charge >= 0.3 is 0 Å². The van der Waals surface area contributed by atoms with E-state index in [-0.39, 0.29) is 0 Å². The summed E-state index contributed by atoms with van der Waals surface area (Å²) in [6, 6.07) is 17.6. The zero-order valence-electron chi connectivity index (χ0n) is 9.71. The van der Waals surface area contributed by atoms with Gasteiger partial charge in [0, 0.05) is 5.75 Å². The lowest BCUT2D eigenvalue weighted by atomic mass is 10.2. The van der Waals surface area contributed by atoms with Gasteiger partial charge in [-0.1, -0.05) is 65.8 Å². The molecule has 2 aromatic carbocycles. The van der Waals surface area contributed by atoms with Crippen LogP contribution >= 0.6 is 23.4 Å². The minimum Gasteiger partial charge on any atom is -0.378 e. The van der Waals surface area contributed by atoms with Crippen LogP contribution in [0.1, 0.15) is 5.56 Å². The number of rotatable bonds is 3. The molecule has 0 radical (unpaired) electrons. The lowest BCUT2D eigenvalue weighted by molar-refractivity contribution is 1.42. The van der Waals surface area contributed by atoms with Gasteiger partial charge in [0.1, 0.15) is 0 Å². The van der Waals surface area contributed by atoms with E-state index < -0.39 is 0 Å². The van der Waals surface area contributed by atoms with Crippen LogP contribution in [0.5, 0.6) is 0 Å². The molecule has 2 nitrogen and oxygen atoms in total. The molecule has 0 saturated carbocycles. The number of nitrogens with zero attached hydrogens (tertiary/aromatic N) is 1. The van der Waals surface area contributed by atoms with Crippen LogP contribution in [0, 0.1) is 0 Å². The van der Waals surface area contributed by atoms with E-state index in [1.807, 2.05) is 36.4 Å². The minimum atomic E-state index is 0.520. The second-order valence-corrected chi connectivity index (χ2v) is 5.08. The Labute approximate surface area is 116 Å². The quantitative estimate of drug-likeness (QED) is 0.673. The highest BCUT2D eigenvalue weighted by atomic mass is 35.5. The standard InChI is InChI=1S/C14H13ClN2S/c15-12-8-4-5-9-13(12)17-14(16)18-10-11-6-2-1-3-7-11/h1-9H,10H2,(H2,16,17). The summed E-state index contributed by atoms with van der Waals surface area (Å²) in [5, 5.41) is 1.13. The molecule has 0 amide bonds. The number of halogens is 1. The lowest BCUT2D eigenvalue weighted by Crippen LogP contribution is -2.06. The molecule has 0 spiro atoms. The Kier molecular flexibility index (Phi) is 4.67. The van der Waals surface area contributed by atoms with Gasteiger partial charge < -0.3 is 5.73 Å². The summed E-state index contributed by atoms with van der Waals surface area (Å²) in [4.78, 5) is 4.30. The van der Waals surface area contributed by atoms with E-state index in [1.165, 1.54) is 17.3 Å². The van der Waals surface area contributed by atoms with Crippen molar-refractivity contribution in [1.82, 2.24) is 0 Å². The maximum absolute atomic E-state index is 6.01. The molecule has 0 aliphatic heterocycles. The number of thioether (sulfide) groups is 1. The Morgan fingerprint density at radius 1 is 1.06 bits per heavy atom. The number of para-hydroxylation sites is 1. The van der Waals surface area contributed by atoms with Crippen LogP contribution in [0.25, 0.3) is 0 Å². The Hall–Kier alpha value is -1.45. The summed E-state index contributed by atoms with van der Waals surface area (Å²) in [6.07, 6.45) is 0. The minimum absolute atomic E-state index is 0.520. The molecule has 0 aromatic heterocycles. The molecule has 0 aliphatic carbocycles. The number of nitrogens with two attached hydrogens (primary N) is 1. The highest BCUT2D eigenvalue weighted by molar-refractivity contribution is 8.13. The number of benzene rings is 2. The lowest BCUT2D eigenvalue weighted by Gasteiger charge is -2.02. The van der Waals surface area contributed by atoms with Gasteiger partial charge in [0.15, 0.2) is 5.17 Å². The van der Waals surface area contributed by atoms with Gasteiger partial charge in [-0.3, -0.25) is 0 Å². The Balaban J connectivity index is 2.00. The summed E-state index contributed by atoms with van der Waals surface area (Å²) in [6.45, 7) is 0. The Morgan fingerprint density at radius 2 is 1.72 bits per heavy atom. The maximum atomic E-state index is 6.01. The molecular weight excluding hydrogens is 264 g/mol. The first-order valence-corrected chi connectivity index (χ1v) is 6.87. The first-order chi connectivity index (χ1) is 8.75. The van der Waals surface area contributed by atoms with E-state index in [4.69, 9.17) is 17.3 Å². The van der Waals surface area contributed by atoms with Crippen LogP contribution in [-0.2, 0) is 5.75 Å². The van der Waals surface area contributed by atoms with Crippen LogP contribution in [0.2, 0.25) is 5.02 Å². The third-order valence-corrected chi connectivity index (χ3v) is 3.50. The molecular formula is C14H13ClN2S. The fourth-order valence-electron chi connectivity index (χ4n) is 1.42. The smallest absolute Gasteiger partial charge is 0.159 e. The van der Waals surface area contributed by atoms with Crippen LogP contribution in [0.15, 0.2) is 59.6 Å². The van der Waals surface area contributed by atoms with Gasteiger partial charge in [0.05, 0.1) is 10.7 Å². The molecule has 0 unspecified atom stereocenters. The zero-order valence-corrected chi connectivity index (χ0v) is 11.3. The highest BCUT2D eigenvalue weighted by Crippen LogP contribution is 2.25. The van der Waals surface area contributed by atoms with E-state index in [9.17, 15) is 0 Å². The molecule has 4 heteroatoms. The normalized spacial score (nSPS) is 11.5. The summed E-state index contributed by atoms with van der Waals surface area (Å²) in [5.41, 5.74) is 7.80. The molecule has 0 atom stereocenters. The molecule has 92 valence electrons. The van der Waals surface area contributed by atoms with Crippen molar-refractivity contribution in [2.75, 3.05) is 0 Å². The first kappa shape index (κ1) is 13.0. The third-order valence-electron chi connectivity index (χ3n) is 2.31. The van der Waals surface area contributed by atoms with Gasteiger partial charge in [-0.2, -0.15) is 0 Å². The second-order valence-electron chi connectivity index (χ2n) is 3.68. The molecule has 0 aliphatic rings. The summed E-state index contributed by atoms with van der Waals surface area (Å²) >= 11 is 7.52. The predicted molar refractivity (Wildman–Crippen MR) is 80.5 cm³/mol.